The first-order valence-corrected chi connectivity index (χ1v) is 9.91. The van der Waals surface area contributed by atoms with Crippen molar-refractivity contribution in [3.8, 4) is 5.75 Å². The molecular formula is C13H12Br5NO2. The van der Waals surface area contributed by atoms with Crippen LogP contribution in [0.4, 0.5) is 0 Å². The zero-order valence-electron chi connectivity index (χ0n) is 10.8. The first-order valence-electron chi connectivity index (χ1n) is 5.94. The van der Waals surface area contributed by atoms with E-state index in [1.54, 1.807) is 0 Å². The van der Waals surface area contributed by atoms with E-state index in [0.717, 1.165) is 41.0 Å². The molecule has 0 heterocycles. The summed E-state index contributed by atoms with van der Waals surface area (Å²) in [7, 11) is 0. The van der Waals surface area contributed by atoms with E-state index >= 15 is 0 Å². The standard InChI is InChI=1S/C13H12Br5NO2/c1-2-7(20)19-5-3-4-6-21-13-11(17)9(15)8(14)10(16)12(13)18/h2H,1,3-6H2,(H,19,20). The molecule has 1 N–H and O–H groups in total. The van der Waals surface area contributed by atoms with Crippen LogP contribution in [0.2, 0.25) is 0 Å². The van der Waals surface area contributed by atoms with E-state index in [9.17, 15) is 4.79 Å². The maximum Gasteiger partial charge on any atom is 0.243 e. The Morgan fingerprint density at radius 3 is 2.05 bits per heavy atom. The van der Waals surface area contributed by atoms with Gasteiger partial charge in [0.15, 0.2) is 0 Å². The van der Waals surface area contributed by atoms with Crippen LogP contribution in [0, 0.1) is 0 Å². The van der Waals surface area contributed by atoms with E-state index in [2.05, 4.69) is 91.5 Å². The van der Waals surface area contributed by atoms with Crippen LogP contribution < -0.4 is 10.1 Å². The maximum absolute atomic E-state index is 11.0. The summed E-state index contributed by atoms with van der Waals surface area (Å²) in [6.45, 7) is 4.57. The van der Waals surface area contributed by atoms with Gasteiger partial charge in [0.05, 0.1) is 24.5 Å². The Labute approximate surface area is 165 Å². The Morgan fingerprint density at radius 2 is 1.52 bits per heavy atom. The molecule has 0 saturated carbocycles. The third kappa shape index (κ3) is 5.64. The highest BCUT2D eigenvalue weighted by Gasteiger charge is 2.18. The average Bonchev–Trinajstić information content (AvgIpc) is 2.49. The number of carbonyl (C=O) groups is 1. The Balaban J connectivity index is 2.53. The second kappa shape index (κ2) is 9.70. The molecule has 21 heavy (non-hydrogen) atoms. The molecule has 8 heteroatoms. The van der Waals surface area contributed by atoms with Crippen molar-refractivity contribution in [2.45, 2.75) is 12.8 Å². The van der Waals surface area contributed by atoms with Crippen molar-refractivity contribution in [1.29, 1.82) is 0 Å². The highest BCUT2D eigenvalue weighted by molar-refractivity contribution is 9.15. The lowest BCUT2D eigenvalue weighted by Crippen LogP contribution is -2.22. The van der Waals surface area contributed by atoms with E-state index in [-0.39, 0.29) is 5.91 Å². The van der Waals surface area contributed by atoms with Crippen molar-refractivity contribution in [2.24, 2.45) is 0 Å². The molecule has 1 amide bonds. The van der Waals surface area contributed by atoms with Crippen molar-refractivity contribution in [2.75, 3.05) is 13.2 Å². The van der Waals surface area contributed by atoms with Crippen LogP contribution in [0.5, 0.6) is 5.75 Å². The van der Waals surface area contributed by atoms with Crippen molar-refractivity contribution >= 4 is 85.6 Å². The number of benzene rings is 1. The van der Waals surface area contributed by atoms with Gasteiger partial charge in [-0.3, -0.25) is 4.79 Å². The molecule has 0 bridgehead atoms. The first kappa shape index (κ1) is 19.7. The van der Waals surface area contributed by atoms with E-state index in [1.165, 1.54) is 6.08 Å². The van der Waals surface area contributed by atoms with Gasteiger partial charge in [-0.1, -0.05) is 6.58 Å². The average molecular weight is 614 g/mol. The minimum atomic E-state index is -0.151. The lowest BCUT2D eigenvalue weighted by Gasteiger charge is -2.14. The Bertz CT molecular complexity index is 519. The lowest BCUT2D eigenvalue weighted by atomic mass is 10.3. The fourth-order valence-corrected chi connectivity index (χ4v) is 4.64. The van der Waals surface area contributed by atoms with Crippen LogP contribution in [-0.4, -0.2) is 19.1 Å². The molecule has 1 aromatic carbocycles. The monoisotopic (exact) mass is 609 g/mol. The number of hydrogen-bond acceptors (Lipinski definition) is 2. The second-order valence-corrected chi connectivity index (χ2v) is 7.91. The summed E-state index contributed by atoms with van der Waals surface area (Å²) in [6, 6.07) is 0. The Morgan fingerprint density at radius 1 is 1.00 bits per heavy atom. The fraction of sp³-hybridized carbons (Fsp3) is 0.308. The molecule has 0 atom stereocenters. The summed E-state index contributed by atoms with van der Waals surface area (Å²) in [6.07, 6.45) is 2.94. The van der Waals surface area contributed by atoms with Crippen LogP contribution in [0.3, 0.4) is 0 Å². The highest BCUT2D eigenvalue weighted by atomic mass is 79.9. The number of amides is 1. The molecule has 0 aliphatic carbocycles. The van der Waals surface area contributed by atoms with Gasteiger partial charge in [0.1, 0.15) is 5.75 Å². The number of halogens is 5. The quantitative estimate of drug-likeness (QED) is 0.179. The predicted molar refractivity (Wildman–Crippen MR) is 103 cm³/mol. The number of hydrogen-bond donors (Lipinski definition) is 1. The molecule has 0 radical (unpaired) electrons. The van der Waals surface area contributed by atoms with Crippen molar-refractivity contribution in [3.63, 3.8) is 0 Å². The second-order valence-electron chi connectivity index (χ2n) is 3.95. The smallest absolute Gasteiger partial charge is 0.243 e. The predicted octanol–water partition coefficient (Wildman–Crippen LogP) is 5.96. The number of unbranched alkanes of at least 4 members (excludes halogenated alkanes) is 1. The van der Waals surface area contributed by atoms with Crippen LogP contribution in [-0.2, 0) is 4.79 Å². The van der Waals surface area contributed by atoms with E-state index in [4.69, 9.17) is 4.74 Å². The number of nitrogens with one attached hydrogen (secondary N) is 1. The molecular weight excluding hydrogens is 602 g/mol. The number of carbonyl (C=O) groups excluding carboxylic acids is 1. The minimum Gasteiger partial charge on any atom is -0.491 e. The van der Waals surface area contributed by atoms with Crippen molar-refractivity contribution in [1.82, 2.24) is 5.32 Å². The molecule has 0 unspecified atom stereocenters. The summed E-state index contributed by atoms with van der Waals surface area (Å²) in [5.74, 6) is 0.578. The topological polar surface area (TPSA) is 38.3 Å². The molecule has 0 spiro atoms. The van der Waals surface area contributed by atoms with E-state index in [0.29, 0.717) is 13.2 Å². The molecule has 1 rings (SSSR count). The highest BCUT2D eigenvalue weighted by Crippen LogP contribution is 2.48. The molecule has 0 aromatic heterocycles. The number of ether oxygens (including phenoxy) is 1. The summed E-state index contributed by atoms with van der Waals surface area (Å²) in [5.41, 5.74) is 0. The van der Waals surface area contributed by atoms with Gasteiger partial charge < -0.3 is 10.1 Å². The Kier molecular flexibility index (Phi) is 9.09. The third-order valence-corrected chi connectivity index (χ3v) is 8.49. The van der Waals surface area contributed by atoms with Gasteiger partial charge in [-0.25, -0.2) is 0 Å². The van der Waals surface area contributed by atoms with Gasteiger partial charge >= 0.3 is 0 Å². The van der Waals surface area contributed by atoms with Gasteiger partial charge in [-0.05, 0) is 98.6 Å². The largest absolute Gasteiger partial charge is 0.491 e. The van der Waals surface area contributed by atoms with Crippen LogP contribution >= 0.6 is 79.6 Å². The summed E-state index contributed by atoms with van der Waals surface area (Å²) in [5, 5.41) is 2.73. The van der Waals surface area contributed by atoms with Gasteiger partial charge in [0, 0.05) is 11.0 Å². The van der Waals surface area contributed by atoms with E-state index < -0.39 is 0 Å². The summed E-state index contributed by atoms with van der Waals surface area (Å²) >= 11 is 17.5. The lowest BCUT2D eigenvalue weighted by molar-refractivity contribution is -0.116. The molecule has 0 aliphatic heterocycles. The Hall–Kier alpha value is 0.630. The molecule has 1 aromatic rings. The normalized spacial score (nSPS) is 10.3. The van der Waals surface area contributed by atoms with Gasteiger partial charge in [0.2, 0.25) is 5.91 Å². The summed E-state index contributed by atoms with van der Waals surface area (Å²) < 4.78 is 10.1. The van der Waals surface area contributed by atoms with Gasteiger partial charge in [-0.2, -0.15) is 0 Å². The zero-order valence-corrected chi connectivity index (χ0v) is 18.7. The maximum atomic E-state index is 11.0. The molecule has 116 valence electrons. The third-order valence-electron chi connectivity index (χ3n) is 2.47. The van der Waals surface area contributed by atoms with Crippen LogP contribution in [0.1, 0.15) is 12.8 Å². The van der Waals surface area contributed by atoms with Crippen LogP contribution in [0.25, 0.3) is 0 Å². The fourth-order valence-electron chi connectivity index (χ4n) is 1.40. The number of rotatable bonds is 7. The van der Waals surface area contributed by atoms with Crippen molar-refractivity contribution < 1.29 is 9.53 Å². The molecule has 3 nitrogen and oxygen atoms in total. The first-order chi connectivity index (χ1) is 9.90. The molecule has 0 fully saturated rings. The van der Waals surface area contributed by atoms with Gasteiger partial charge in [-0.15, -0.1) is 0 Å². The van der Waals surface area contributed by atoms with E-state index in [1.807, 2.05) is 0 Å². The zero-order chi connectivity index (χ0) is 16.0. The van der Waals surface area contributed by atoms with Gasteiger partial charge in [0.25, 0.3) is 0 Å². The minimum absolute atomic E-state index is 0.151. The SMILES string of the molecule is C=CC(=O)NCCCCOc1c(Br)c(Br)c(Br)c(Br)c1Br. The van der Waals surface area contributed by atoms with Crippen molar-refractivity contribution in [3.05, 3.63) is 35.0 Å². The summed E-state index contributed by atoms with van der Waals surface area (Å²) in [4.78, 5) is 11.0. The molecule has 0 saturated heterocycles. The molecule has 0 aliphatic rings. The van der Waals surface area contributed by atoms with Crippen LogP contribution in [0.15, 0.2) is 35.0 Å².